The lowest BCUT2D eigenvalue weighted by molar-refractivity contribution is -0.115. The van der Waals surface area contributed by atoms with Gasteiger partial charge in [0.05, 0.1) is 6.42 Å². The van der Waals surface area contributed by atoms with Crippen molar-refractivity contribution < 1.29 is 4.79 Å². The van der Waals surface area contributed by atoms with Crippen LogP contribution in [0.2, 0.25) is 0 Å². The molecule has 1 aliphatic heterocycles. The number of carbonyl (C=O) groups excluding carboxylic acids is 1. The number of fused-ring (bicyclic) bond motifs is 1. The average Bonchev–Trinajstić information content (AvgIpc) is 2.91. The monoisotopic (exact) mass is 346 g/mol. The number of rotatable bonds is 4. The highest BCUT2D eigenvalue weighted by Crippen LogP contribution is 2.25. The van der Waals surface area contributed by atoms with Crippen LogP contribution in [0.5, 0.6) is 0 Å². The molecule has 2 heterocycles. The minimum absolute atomic E-state index is 0.0200. The topological polar surface area (TPSA) is 59.8 Å². The number of amides is 1. The minimum atomic E-state index is -0.0200. The zero-order valence-electron chi connectivity index (χ0n) is 14.7. The van der Waals surface area contributed by atoms with E-state index in [4.69, 9.17) is 0 Å². The molecule has 0 atom stereocenters. The molecule has 0 aliphatic carbocycles. The van der Waals surface area contributed by atoms with Crippen molar-refractivity contribution in [2.24, 2.45) is 0 Å². The Labute approximate surface area is 153 Å². The second-order valence-corrected chi connectivity index (χ2v) is 6.69. The number of carbonyl (C=O) groups is 1. The van der Waals surface area contributed by atoms with Gasteiger partial charge in [0.25, 0.3) is 0 Å². The standard InChI is InChI=1S/C21H22N4O/c26-20(14-16-8-3-1-4-9-16)22-18-11-7-10-17(15-18)21-24-23-19-12-5-2-6-13-25(19)21/h1,3-4,7-11,15H,2,5-6,12-14H2,(H,22,26). The van der Waals surface area contributed by atoms with Crippen LogP contribution < -0.4 is 5.32 Å². The fraction of sp³-hybridized carbons (Fsp3) is 0.286. The molecule has 0 fully saturated rings. The first-order valence-electron chi connectivity index (χ1n) is 9.16. The van der Waals surface area contributed by atoms with E-state index in [1.807, 2.05) is 54.6 Å². The van der Waals surface area contributed by atoms with Crippen LogP contribution in [0.4, 0.5) is 5.69 Å². The number of anilines is 1. The predicted octanol–water partition coefficient (Wildman–Crippen LogP) is 3.85. The summed E-state index contributed by atoms with van der Waals surface area (Å²) in [6.45, 7) is 0.961. The molecule has 1 aromatic heterocycles. The van der Waals surface area contributed by atoms with E-state index in [2.05, 4.69) is 20.1 Å². The second-order valence-electron chi connectivity index (χ2n) is 6.69. The maximum atomic E-state index is 12.3. The van der Waals surface area contributed by atoms with Gasteiger partial charge in [-0.05, 0) is 30.5 Å². The van der Waals surface area contributed by atoms with Gasteiger partial charge in [-0.1, -0.05) is 48.9 Å². The molecule has 1 N–H and O–H groups in total. The Hall–Kier alpha value is -2.95. The summed E-state index contributed by atoms with van der Waals surface area (Å²) in [5, 5.41) is 11.8. The highest BCUT2D eigenvalue weighted by molar-refractivity contribution is 5.92. The van der Waals surface area contributed by atoms with Gasteiger partial charge >= 0.3 is 0 Å². The van der Waals surface area contributed by atoms with Gasteiger partial charge in [-0.3, -0.25) is 4.79 Å². The molecule has 5 nitrogen and oxygen atoms in total. The third kappa shape index (κ3) is 3.67. The predicted molar refractivity (Wildman–Crippen MR) is 102 cm³/mol. The molecule has 0 bridgehead atoms. The average molecular weight is 346 g/mol. The van der Waals surface area contributed by atoms with Crippen LogP contribution in [0.15, 0.2) is 54.6 Å². The van der Waals surface area contributed by atoms with Crippen LogP contribution >= 0.6 is 0 Å². The van der Waals surface area contributed by atoms with E-state index >= 15 is 0 Å². The molecule has 1 amide bonds. The van der Waals surface area contributed by atoms with Gasteiger partial charge in [-0.25, -0.2) is 0 Å². The van der Waals surface area contributed by atoms with E-state index in [1.54, 1.807) is 0 Å². The van der Waals surface area contributed by atoms with E-state index in [1.165, 1.54) is 12.8 Å². The Balaban J connectivity index is 1.52. The third-order valence-corrected chi connectivity index (χ3v) is 4.72. The van der Waals surface area contributed by atoms with E-state index in [0.717, 1.165) is 47.8 Å². The molecule has 2 aromatic carbocycles. The van der Waals surface area contributed by atoms with Crippen LogP contribution in [-0.2, 0) is 24.2 Å². The van der Waals surface area contributed by atoms with Crippen molar-refractivity contribution >= 4 is 11.6 Å². The summed E-state index contributed by atoms with van der Waals surface area (Å²) in [7, 11) is 0. The Morgan fingerprint density at radius 3 is 2.77 bits per heavy atom. The molecule has 5 heteroatoms. The summed E-state index contributed by atoms with van der Waals surface area (Å²) in [6, 6.07) is 17.6. The lowest BCUT2D eigenvalue weighted by Gasteiger charge is -2.09. The van der Waals surface area contributed by atoms with E-state index in [9.17, 15) is 4.79 Å². The van der Waals surface area contributed by atoms with Gasteiger partial charge in [0.2, 0.25) is 5.91 Å². The largest absolute Gasteiger partial charge is 0.326 e. The highest BCUT2D eigenvalue weighted by atomic mass is 16.1. The molecule has 0 unspecified atom stereocenters. The van der Waals surface area contributed by atoms with E-state index in [-0.39, 0.29) is 5.91 Å². The van der Waals surface area contributed by atoms with E-state index in [0.29, 0.717) is 6.42 Å². The summed E-state index contributed by atoms with van der Waals surface area (Å²) >= 11 is 0. The van der Waals surface area contributed by atoms with Crippen molar-refractivity contribution in [2.75, 3.05) is 5.32 Å². The molecule has 0 spiro atoms. The quantitative estimate of drug-likeness (QED) is 0.780. The number of aryl methyl sites for hydroxylation is 1. The van der Waals surface area contributed by atoms with Crippen molar-refractivity contribution in [3.63, 3.8) is 0 Å². The van der Waals surface area contributed by atoms with E-state index < -0.39 is 0 Å². The van der Waals surface area contributed by atoms with Crippen LogP contribution in [0, 0.1) is 0 Å². The Morgan fingerprint density at radius 1 is 1.00 bits per heavy atom. The second kappa shape index (κ2) is 7.52. The third-order valence-electron chi connectivity index (χ3n) is 4.72. The SMILES string of the molecule is O=C(Cc1ccccc1)Nc1cccc(-c2nnc3n2CCCCC3)c1. The maximum absolute atomic E-state index is 12.3. The van der Waals surface area contributed by atoms with Crippen molar-refractivity contribution in [1.82, 2.24) is 14.8 Å². The van der Waals surface area contributed by atoms with Gasteiger partial charge in [-0.2, -0.15) is 0 Å². The van der Waals surface area contributed by atoms with Gasteiger partial charge in [0.1, 0.15) is 5.82 Å². The van der Waals surface area contributed by atoms with Gasteiger partial charge in [-0.15, -0.1) is 10.2 Å². The summed E-state index contributed by atoms with van der Waals surface area (Å²) < 4.78 is 2.22. The van der Waals surface area contributed by atoms with Crippen LogP contribution in [0.25, 0.3) is 11.4 Å². The first-order valence-corrected chi connectivity index (χ1v) is 9.16. The Bertz CT molecular complexity index is 901. The highest BCUT2D eigenvalue weighted by Gasteiger charge is 2.16. The molecule has 132 valence electrons. The maximum Gasteiger partial charge on any atom is 0.228 e. The molecule has 3 aromatic rings. The fourth-order valence-electron chi connectivity index (χ4n) is 3.42. The fourth-order valence-corrected chi connectivity index (χ4v) is 3.42. The van der Waals surface area contributed by atoms with Crippen LogP contribution in [0.3, 0.4) is 0 Å². The summed E-state index contributed by atoms with van der Waals surface area (Å²) in [5.74, 6) is 1.94. The molecule has 0 saturated heterocycles. The zero-order chi connectivity index (χ0) is 17.8. The van der Waals surface area contributed by atoms with Gasteiger partial charge in [0.15, 0.2) is 5.82 Å². The normalized spacial score (nSPS) is 13.7. The smallest absolute Gasteiger partial charge is 0.228 e. The number of hydrogen-bond acceptors (Lipinski definition) is 3. The molecular weight excluding hydrogens is 324 g/mol. The summed E-state index contributed by atoms with van der Waals surface area (Å²) in [6.07, 6.45) is 4.92. The lowest BCUT2D eigenvalue weighted by atomic mass is 10.1. The Kier molecular flexibility index (Phi) is 4.78. The molecule has 1 aliphatic rings. The lowest BCUT2D eigenvalue weighted by Crippen LogP contribution is -2.14. The Morgan fingerprint density at radius 2 is 1.88 bits per heavy atom. The van der Waals surface area contributed by atoms with Gasteiger partial charge < -0.3 is 9.88 Å². The number of nitrogens with zero attached hydrogens (tertiary/aromatic N) is 3. The first kappa shape index (κ1) is 16.5. The molecular formula is C21H22N4O. The van der Waals surface area contributed by atoms with Crippen molar-refractivity contribution in [1.29, 1.82) is 0 Å². The minimum Gasteiger partial charge on any atom is -0.326 e. The molecule has 4 rings (SSSR count). The zero-order valence-corrected chi connectivity index (χ0v) is 14.7. The van der Waals surface area contributed by atoms with Crippen LogP contribution in [0.1, 0.15) is 30.7 Å². The summed E-state index contributed by atoms with van der Waals surface area (Å²) in [5.41, 5.74) is 2.78. The molecule has 26 heavy (non-hydrogen) atoms. The number of hydrogen-bond donors (Lipinski definition) is 1. The van der Waals surface area contributed by atoms with Gasteiger partial charge in [0, 0.05) is 24.2 Å². The molecule has 0 saturated carbocycles. The summed E-state index contributed by atoms with van der Waals surface area (Å²) in [4.78, 5) is 12.3. The van der Waals surface area contributed by atoms with Crippen LogP contribution in [-0.4, -0.2) is 20.7 Å². The first-order chi connectivity index (χ1) is 12.8. The van der Waals surface area contributed by atoms with Crippen molar-refractivity contribution in [3.05, 3.63) is 66.0 Å². The van der Waals surface area contributed by atoms with Crippen molar-refractivity contribution in [2.45, 2.75) is 38.6 Å². The molecule has 0 radical (unpaired) electrons. The number of aromatic nitrogens is 3. The number of nitrogens with one attached hydrogen (secondary N) is 1. The van der Waals surface area contributed by atoms with Crippen molar-refractivity contribution in [3.8, 4) is 11.4 Å². The number of benzene rings is 2.